The molecule has 0 spiro atoms. The van der Waals surface area contributed by atoms with Gasteiger partial charge in [0.25, 0.3) is 0 Å². The highest BCUT2D eigenvalue weighted by Gasteiger charge is 2.20. The first kappa shape index (κ1) is 22.0. The maximum Gasteiger partial charge on any atom is 0.514 e. The molecule has 0 fully saturated rings. The summed E-state index contributed by atoms with van der Waals surface area (Å²) in [5, 5.41) is 9.15. The molecule has 0 bridgehead atoms. The molecule has 1 aromatic rings. The van der Waals surface area contributed by atoms with Gasteiger partial charge in [0.05, 0.1) is 13.7 Å². The van der Waals surface area contributed by atoms with Gasteiger partial charge >= 0.3 is 12.1 Å². The van der Waals surface area contributed by atoms with Crippen molar-refractivity contribution in [3.8, 4) is 17.6 Å². The molecule has 0 saturated carbocycles. The Bertz CT molecular complexity index is 741. The van der Waals surface area contributed by atoms with Gasteiger partial charge in [-0.2, -0.15) is 5.26 Å². The lowest BCUT2D eigenvalue weighted by molar-refractivity contribution is -0.139. The van der Waals surface area contributed by atoms with E-state index in [-0.39, 0.29) is 30.3 Å². The Labute approximate surface area is 158 Å². The molecule has 8 nitrogen and oxygen atoms in total. The van der Waals surface area contributed by atoms with Crippen molar-refractivity contribution < 1.29 is 33.3 Å². The molecular formula is C19H23NO7. The number of hydrogen-bond acceptors (Lipinski definition) is 8. The molecule has 0 radical (unpaired) electrons. The quantitative estimate of drug-likeness (QED) is 0.235. The lowest BCUT2D eigenvalue weighted by Gasteiger charge is -2.19. The van der Waals surface area contributed by atoms with Crippen molar-refractivity contribution in [2.24, 2.45) is 0 Å². The second-order valence-electron chi connectivity index (χ2n) is 6.28. The van der Waals surface area contributed by atoms with E-state index in [2.05, 4.69) is 0 Å². The largest absolute Gasteiger partial charge is 0.514 e. The fourth-order valence-corrected chi connectivity index (χ4v) is 1.82. The van der Waals surface area contributed by atoms with E-state index in [1.165, 1.54) is 32.4 Å². The maximum absolute atomic E-state index is 11.9. The molecule has 0 heterocycles. The van der Waals surface area contributed by atoms with Crippen LogP contribution in [-0.2, 0) is 19.0 Å². The Kier molecular flexibility index (Phi) is 8.30. The van der Waals surface area contributed by atoms with Crippen LogP contribution in [0.4, 0.5) is 4.79 Å². The molecule has 0 N–H and O–H groups in total. The zero-order valence-corrected chi connectivity index (χ0v) is 16.0. The molecule has 1 aromatic carbocycles. The Morgan fingerprint density at radius 3 is 2.41 bits per heavy atom. The van der Waals surface area contributed by atoms with Gasteiger partial charge in [0, 0.05) is 7.11 Å². The molecule has 146 valence electrons. The molecule has 8 heteroatoms. The van der Waals surface area contributed by atoms with E-state index >= 15 is 0 Å². The van der Waals surface area contributed by atoms with Crippen molar-refractivity contribution in [3.05, 3.63) is 29.3 Å². The van der Waals surface area contributed by atoms with Crippen LogP contribution >= 0.6 is 0 Å². The predicted octanol–water partition coefficient (Wildman–Crippen LogP) is 3.11. The molecule has 0 aliphatic carbocycles. The first-order valence-corrected chi connectivity index (χ1v) is 8.07. The van der Waals surface area contributed by atoms with Crippen LogP contribution in [0.3, 0.4) is 0 Å². The van der Waals surface area contributed by atoms with Crippen molar-refractivity contribution in [2.75, 3.05) is 27.4 Å². The number of nitrogens with zero attached hydrogens (tertiary/aromatic N) is 1. The van der Waals surface area contributed by atoms with Gasteiger partial charge < -0.3 is 23.7 Å². The van der Waals surface area contributed by atoms with Crippen LogP contribution in [0.5, 0.6) is 11.5 Å². The van der Waals surface area contributed by atoms with Gasteiger partial charge in [-0.1, -0.05) is 6.07 Å². The number of carbonyl (C=O) groups excluding carboxylic acids is 2. The van der Waals surface area contributed by atoms with E-state index in [1.54, 1.807) is 32.9 Å². The summed E-state index contributed by atoms with van der Waals surface area (Å²) in [6.07, 6.45) is 0.470. The van der Waals surface area contributed by atoms with Crippen LogP contribution in [0.2, 0.25) is 0 Å². The van der Waals surface area contributed by atoms with Gasteiger partial charge in [-0.3, -0.25) is 0 Å². The van der Waals surface area contributed by atoms with Crippen molar-refractivity contribution in [1.82, 2.24) is 0 Å². The van der Waals surface area contributed by atoms with Crippen LogP contribution in [0.25, 0.3) is 6.08 Å². The number of methoxy groups -OCH3 is 2. The SMILES string of the molecule is COCCOC(=O)/C(C#N)=C/c1ccc(OC(=O)OC(C)(C)C)c(OC)c1. The fraction of sp³-hybridized carbons (Fsp3) is 0.421. The van der Waals surface area contributed by atoms with E-state index in [0.717, 1.165) is 0 Å². The van der Waals surface area contributed by atoms with Crippen LogP contribution in [-0.4, -0.2) is 45.2 Å². The fourth-order valence-electron chi connectivity index (χ4n) is 1.82. The highest BCUT2D eigenvalue weighted by atomic mass is 16.7. The second-order valence-corrected chi connectivity index (χ2v) is 6.28. The highest BCUT2D eigenvalue weighted by Crippen LogP contribution is 2.29. The average Bonchev–Trinajstić information content (AvgIpc) is 2.59. The van der Waals surface area contributed by atoms with E-state index in [0.29, 0.717) is 5.56 Å². The molecule has 0 amide bonds. The third-order valence-electron chi connectivity index (χ3n) is 2.94. The minimum atomic E-state index is -0.872. The Morgan fingerprint density at radius 2 is 1.85 bits per heavy atom. The van der Waals surface area contributed by atoms with E-state index in [9.17, 15) is 9.59 Å². The van der Waals surface area contributed by atoms with Crippen LogP contribution in [0, 0.1) is 11.3 Å². The standard InChI is InChI=1S/C19H23NO7/c1-19(2,3)27-18(22)26-15-7-6-13(11-16(15)24-5)10-14(12-20)17(21)25-9-8-23-4/h6-7,10-11H,8-9H2,1-5H3/b14-10+. The molecular weight excluding hydrogens is 354 g/mol. The van der Waals surface area contributed by atoms with Gasteiger partial charge in [-0.15, -0.1) is 0 Å². The molecule has 27 heavy (non-hydrogen) atoms. The van der Waals surface area contributed by atoms with Gasteiger partial charge in [0.1, 0.15) is 23.9 Å². The van der Waals surface area contributed by atoms with Crippen LogP contribution in [0.15, 0.2) is 23.8 Å². The van der Waals surface area contributed by atoms with Gasteiger partial charge in [0.2, 0.25) is 0 Å². The summed E-state index contributed by atoms with van der Waals surface area (Å²) in [6, 6.07) is 6.33. The molecule has 0 aliphatic heterocycles. The third-order valence-corrected chi connectivity index (χ3v) is 2.94. The topological polar surface area (TPSA) is 104 Å². The molecule has 0 atom stereocenters. The number of hydrogen-bond donors (Lipinski definition) is 0. The second kappa shape index (κ2) is 10.2. The van der Waals surface area contributed by atoms with Gasteiger partial charge in [-0.05, 0) is 44.5 Å². The number of carbonyl (C=O) groups is 2. The summed E-state index contributed by atoms with van der Waals surface area (Å²) in [5.41, 5.74) is -0.393. The number of ether oxygens (including phenoxy) is 5. The van der Waals surface area contributed by atoms with Crippen LogP contribution < -0.4 is 9.47 Å². The molecule has 0 aromatic heterocycles. The van der Waals surface area contributed by atoms with E-state index in [4.69, 9.17) is 28.9 Å². The monoisotopic (exact) mass is 377 g/mol. The van der Waals surface area contributed by atoms with Gasteiger partial charge in [0.15, 0.2) is 11.5 Å². The summed E-state index contributed by atoms with van der Waals surface area (Å²) >= 11 is 0. The van der Waals surface area contributed by atoms with Crippen molar-refractivity contribution in [3.63, 3.8) is 0 Å². The zero-order valence-electron chi connectivity index (χ0n) is 16.0. The summed E-state index contributed by atoms with van der Waals surface area (Å²) in [5.74, 6) is -0.382. The Morgan fingerprint density at radius 1 is 1.15 bits per heavy atom. The average molecular weight is 377 g/mol. The first-order chi connectivity index (χ1) is 12.7. The van der Waals surface area contributed by atoms with Crippen molar-refractivity contribution in [2.45, 2.75) is 26.4 Å². The highest BCUT2D eigenvalue weighted by molar-refractivity contribution is 5.98. The minimum Gasteiger partial charge on any atom is -0.493 e. The molecule has 0 saturated heterocycles. The molecule has 0 aliphatic rings. The number of nitriles is 1. The summed E-state index contributed by atoms with van der Waals surface area (Å²) in [6.45, 7) is 5.42. The third kappa shape index (κ3) is 7.79. The van der Waals surface area contributed by atoms with Gasteiger partial charge in [-0.25, -0.2) is 9.59 Å². The van der Waals surface area contributed by atoms with Crippen LogP contribution in [0.1, 0.15) is 26.3 Å². The van der Waals surface area contributed by atoms with E-state index in [1.807, 2.05) is 0 Å². The summed E-state index contributed by atoms with van der Waals surface area (Å²) < 4.78 is 25.1. The lowest BCUT2D eigenvalue weighted by atomic mass is 10.1. The number of benzene rings is 1. The predicted molar refractivity (Wildman–Crippen MR) is 96.3 cm³/mol. The zero-order chi connectivity index (χ0) is 20.4. The summed E-state index contributed by atoms with van der Waals surface area (Å²) in [4.78, 5) is 23.7. The van der Waals surface area contributed by atoms with E-state index < -0.39 is 17.7 Å². The first-order valence-electron chi connectivity index (χ1n) is 8.07. The summed E-state index contributed by atoms with van der Waals surface area (Å²) in [7, 11) is 2.87. The maximum atomic E-state index is 11.9. The Balaban J connectivity index is 2.96. The lowest BCUT2D eigenvalue weighted by Crippen LogP contribution is -2.26. The molecule has 0 unspecified atom stereocenters. The normalized spacial score (nSPS) is 11.3. The minimum absolute atomic E-state index is 0.0420. The van der Waals surface area contributed by atoms with Crippen molar-refractivity contribution in [1.29, 1.82) is 5.26 Å². The number of esters is 1. The smallest absolute Gasteiger partial charge is 0.493 e. The Hall–Kier alpha value is -3.05. The van der Waals surface area contributed by atoms with Crippen molar-refractivity contribution >= 4 is 18.2 Å². The number of rotatable bonds is 7. The molecule has 1 rings (SSSR count).